The van der Waals surface area contributed by atoms with Gasteiger partial charge in [0.2, 0.25) is 0 Å². The van der Waals surface area contributed by atoms with E-state index in [9.17, 15) is 4.79 Å². The highest BCUT2D eigenvalue weighted by molar-refractivity contribution is 14.1. The van der Waals surface area contributed by atoms with Gasteiger partial charge in [-0.25, -0.2) is 10.2 Å². The summed E-state index contributed by atoms with van der Waals surface area (Å²) in [4.78, 5) is 10.5. The smallest absolute Gasteiger partial charge is 0.332 e. The molecule has 5 nitrogen and oxygen atoms in total. The molecule has 0 saturated heterocycles. The van der Waals surface area contributed by atoms with E-state index in [0.29, 0.717) is 6.61 Å². The maximum Gasteiger partial charge on any atom is 0.332 e. The van der Waals surface area contributed by atoms with E-state index in [1.54, 1.807) is 0 Å². The average Bonchev–Trinajstić information content (AvgIpc) is 2.22. The van der Waals surface area contributed by atoms with E-state index in [1.807, 2.05) is 19.1 Å². The predicted octanol–water partition coefficient (Wildman–Crippen LogP) is 2.45. The van der Waals surface area contributed by atoms with Gasteiger partial charge in [0.15, 0.2) is 0 Å². The lowest BCUT2D eigenvalue weighted by atomic mass is 10.2. The Morgan fingerprint density at radius 1 is 1.71 bits per heavy atom. The molecule has 1 aromatic rings. The number of hydrogen-bond donors (Lipinski definition) is 2. The summed E-state index contributed by atoms with van der Waals surface area (Å²) in [6.45, 7) is 2.46. The molecule has 0 aliphatic heterocycles. The second-order valence-electron chi connectivity index (χ2n) is 2.97. The second-order valence-corrected chi connectivity index (χ2v) is 5.05. The van der Waals surface area contributed by atoms with Crippen molar-refractivity contribution in [1.82, 2.24) is 5.43 Å². The Labute approximate surface area is 121 Å². The fourth-order valence-electron chi connectivity index (χ4n) is 1.14. The normalized spacial score (nSPS) is 10.5. The summed E-state index contributed by atoms with van der Waals surface area (Å²) >= 11 is 5.56. The van der Waals surface area contributed by atoms with E-state index in [0.717, 1.165) is 19.4 Å². The average molecular weight is 412 g/mol. The topological polar surface area (TPSA) is 76.7 Å². The zero-order chi connectivity index (χ0) is 12.8. The van der Waals surface area contributed by atoms with Gasteiger partial charge in [-0.1, -0.05) is 15.9 Å². The maximum absolute atomic E-state index is 10.5. The second kappa shape index (κ2) is 6.80. The van der Waals surface area contributed by atoms with Gasteiger partial charge < -0.3 is 10.5 Å². The first-order valence-electron chi connectivity index (χ1n) is 4.75. The van der Waals surface area contributed by atoms with Crippen molar-refractivity contribution in [2.75, 3.05) is 6.61 Å². The van der Waals surface area contributed by atoms with E-state index >= 15 is 0 Å². The summed E-state index contributed by atoms with van der Waals surface area (Å²) < 4.78 is 7.38. The van der Waals surface area contributed by atoms with E-state index in [-0.39, 0.29) is 0 Å². The van der Waals surface area contributed by atoms with Gasteiger partial charge in [-0.3, -0.25) is 0 Å². The number of ether oxygens (including phenoxy) is 1. The molecule has 3 N–H and O–H groups in total. The van der Waals surface area contributed by atoms with Crippen molar-refractivity contribution in [2.24, 2.45) is 10.8 Å². The highest BCUT2D eigenvalue weighted by Crippen LogP contribution is 2.28. The van der Waals surface area contributed by atoms with Crippen molar-refractivity contribution in [2.45, 2.75) is 6.92 Å². The number of hydrogen-bond acceptors (Lipinski definition) is 3. The fraction of sp³-hybridized carbons (Fsp3) is 0.200. The number of amides is 2. The van der Waals surface area contributed by atoms with Gasteiger partial charge in [0.25, 0.3) is 0 Å². The van der Waals surface area contributed by atoms with Crippen molar-refractivity contribution in [1.29, 1.82) is 0 Å². The Morgan fingerprint density at radius 2 is 2.41 bits per heavy atom. The minimum absolute atomic E-state index is 0.557. The van der Waals surface area contributed by atoms with Gasteiger partial charge in [0.1, 0.15) is 5.75 Å². The number of primary amides is 1. The first kappa shape index (κ1) is 14.2. The minimum Gasteiger partial charge on any atom is -0.492 e. The molecule has 0 bridgehead atoms. The molecule has 0 atom stereocenters. The highest BCUT2D eigenvalue weighted by Gasteiger charge is 2.08. The van der Waals surface area contributed by atoms with Crippen LogP contribution in [0.25, 0.3) is 0 Å². The summed E-state index contributed by atoms with van der Waals surface area (Å²) in [6.07, 6.45) is 1.49. The van der Waals surface area contributed by atoms with E-state index in [1.165, 1.54) is 6.21 Å². The number of nitrogens with zero attached hydrogens (tertiary/aromatic N) is 1. The lowest BCUT2D eigenvalue weighted by molar-refractivity contribution is 0.249. The lowest BCUT2D eigenvalue weighted by Crippen LogP contribution is -2.24. The van der Waals surface area contributed by atoms with Crippen LogP contribution in [0, 0.1) is 3.57 Å². The van der Waals surface area contributed by atoms with Crippen LogP contribution in [0.1, 0.15) is 12.5 Å². The van der Waals surface area contributed by atoms with Crippen LogP contribution >= 0.6 is 38.5 Å². The van der Waals surface area contributed by atoms with Crippen LogP contribution in [-0.2, 0) is 0 Å². The maximum atomic E-state index is 10.5. The van der Waals surface area contributed by atoms with Crippen molar-refractivity contribution in [3.05, 3.63) is 25.7 Å². The zero-order valence-electron chi connectivity index (χ0n) is 9.04. The van der Waals surface area contributed by atoms with E-state index in [4.69, 9.17) is 10.5 Å². The molecule has 0 aliphatic carbocycles. The number of carbonyl (C=O) groups is 1. The van der Waals surface area contributed by atoms with E-state index < -0.39 is 6.03 Å². The molecule has 0 heterocycles. The van der Waals surface area contributed by atoms with Gasteiger partial charge >= 0.3 is 6.03 Å². The number of hydrazone groups is 1. The summed E-state index contributed by atoms with van der Waals surface area (Å²) in [5.74, 6) is 0.728. The van der Waals surface area contributed by atoms with Crippen molar-refractivity contribution >= 4 is 50.8 Å². The molecule has 2 amide bonds. The number of nitrogens with two attached hydrogens (primary N) is 1. The molecule has 1 rings (SSSR count). The van der Waals surface area contributed by atoms with Gasteiger partial charge in [-0.15, -0.1) is 0 Å². The van der Waals surface area contributed by atoms with Gasteiger partial charge in [0.05, 0.1) is 16.4 Å². The number of nitrogens with one attached hydrogen (secondary N) is 1. The molecule has 0 unspecified atom stereocenters. The molecule has 1 aromatic carbocycles. The van der Waals surface area contributed by atoms with Crippen molar-refractivity contribution < 1.29 is 9.53 Å². The molecule has 0 aliphatic rings. The number of urea groups is 1. The molecule has 0 aromatic heterocycles. The third-order valence-corrected chi connectivity index (χ3v) is 2.96. The molecule has 17 heavy (non-hydrogen) atoms. The van der Waals surface area contributed by atoms with Crippen LogP contribution in [-0.4, -0.2) is 18.9 Å². The van der Waals surface area contributed by atoms with Crippen LogP contribution in [0.4, 0.5) is 4.79 Å². The monoisotopic (exact) mass is 411 g/mol. The molecule has 0 spiro atoms. The number of halogens is 2. The first-order chi connectivity index (χ1) is 8.04. The van der Waals surface area contributed by atoms with Crippen molar-refractivity contribution in [3.63, 3.8) is 0 Å². The molecular formula is C10H11BrIN3O2. The minimum atomic E-state index is -0.705. The standard InChI is InChI=1S/C10H11BrIN3O2/c1-2-17-9-6(5-14-15-10(13)16)3-7(11)4-8(9)12/h3-5H,2H2,1H3,(H3,13,15,16). The number of carbonyl (C=O) groups excluding carboxylic acids is 1. The van der Waals surface area contributed by atoms with Crippen LogP contribution in [0.3, 0.4) is 0 Å². The highest BCUT2D eigenvalue weighted by atomic mass is 127. The number of rotatable bonds is 4. The summed E-state index contributed by atoms with van der Waals surface area (Å²) in [7, 11) is 0. The van der Waals surface area contributed by atoms with Crippen molar-refractivity contribution in [3.8, 4) is 5.75 Å². The Bertz CT molecular complexity index is 451. The molecular weight excluding hydrogens is 401 g/mol. The number of benzene rings is 1. The Balaban J connectivity index is 3.02. The molecule has 0 fully saturated rings. The fourth-order valence-corrected chi connectivity index (χ4v) is 2.84. The third-order valence-electron chi connectivity index (χ3n) is 1.70. The molecule has 92 valence electrons. The molecule has 0 radical (unpaired) electrons. The predicted molar refractivity (Wildman–Crippen MR) is 78.3 cm³/mol. The van der Waals surface area contributed by atoms with Crippen LogP contribution in [0.15, 0.2) is 21.7 Å². The van der Waals surface area contributed by atoms with Crippen LogP contribution in [0.2, 0.25) is 0 Å². The lowest BCUT2D eigenvalue weighted by Gasteiger charge is -2.09. The van der Waals surface area contributed by atoms with Gasteiger partial charge in [-0.05, 0) is 41.6 Å². The van der Waals surface area contributed by atoms with Crippen LogP contribution < -0.4 is 15.9 Å². The third kappa shape index (κ3) is 4.50. The Morgan fingerprint density at radius 3 is 3.00 bits per heavy atom. The summed E-state index contributed by atoms with van der Waals surface area (Å²) in [5.41, 5.74) is 7.81. The van der Waals surface area contributed by atoms with Gasteiger partial charge in [0, 0.05) is 10.0 Å². The first-order valence-corrected chi connectivity index (χ1v) is 6.62. The van der Waals surface area contributed by atoms with Crippen LogP contribution in [0.5, 0.6) is 5.75 Å². The Hall–Kier alpha value is -0.830. The van der Waals surface area contributed by atoms with E-state index in [2.05, 4.69) is 49.0 Å². The molecule has 7 heteroatoms. The largest absolute Gasteiger partial charge is 0.492 e. The van der Waals surface area contributed by atoms with Gasteiger partial charge in [-0.2, -0.15) is 5.10 Å². The summed E-state index contributed by atoms with van der Waals surface area (Å²) in [5, 5.41) is 3.71. The quantitative estimate of drug-likeness (QED) is 0.453. The molecule has 0 saturated carbocycles. The zero-order valence-corrected chi connectivity index (χ0v) is 12.8. The summed E-state index contributed by atoms with van der Waals surface area (Å²) in [6, 6.07) is 3.08. The Kier molecular flexibility index (Phi) is 5.69. The SMILES string of the molecule is CCOc1c(I)cc(Br)cc1C=NNC(N)=O.